The summed E-state index contributed by atoms with van der Waals surface area (Å²) in [5, 5.41) is -0.290. The summed E-state index contributed by atoms with van der Waals surface area (Å²) in [5.41, 5.74) is 9.62. The molecule has 166 valence electrons. The molecule has 0 bridgehead atoms. The van der Waals surface area contributed by atoms with E-state index in [2.05, 4.69) is 9.71 Å². The summed E-state index contributed by atoms with van der Waals surface area (Å²) in [6.07, 6.45) is 0. The fraction of sp³-hybridized carbons (Fsp3) is 0.250. The van der Waals surface area contributed by atoms with Crippen molar-refractivity contribution >= 4 is 21.7 Å². The zero-order valence-electron chi connectivity index (χ0n) is 18.3. The van der Waals surface area contributed by atoms with Crippen LogP contribution in [0.25, 0.3) is 0 Å². The average molecular weight is 451 g/mol. The molecule has 2 aromatic carbocycles. The maximum absolute atomic E-state index is 13.6. The number of carbonyl (C=O) groups excluding carboxylic acids is 1. The number of hydrogen-bond donors (Lipinski definition) is 2. The van der Waals surface area contributed by atoms with Gasteiger partial charge in [-0.3, -0.25) is 9.69 Å². The Morgan fingerprint density at radius 1 is 1.06 bits per heavy atom. The molecule has 2 heterocycles. The lowest BCUT2D eigenvalue weighted by molar-refractivity contribution is -0.131. The third kappa shape index (κ3) is 3.76. The molecule has 1 aliphatic rings. The number of sulfonamides is 1. The molecule has 0 spiro atoms. The second kappa shape index (κ2) is 8.03. The quantitative estimate of drug-likeness (QED) is 0.619. The van der Waals surface area contributed by atoms with Gasteiger partial charge in [-0.05, 0) is 60.7 Å². The summed E-state index contributed by atoms with van der Waals surface area (Å²) in [5.74, 6) is -0.563. The Bertz CT molecular complexity index is 1290. The van der Waals surface area contributed by atoms with Crippen LogP contribution in [0.2, 0.25) is 0 Å². The highest BCUT2D eigenvalue weighted by molar-refractivity contribution is 7.90. The topological polar surface area (TPSA) is 105 Å². The van der Waals surface area contributed by atoms with E-state index < -0.39 is 21.5 Å². The third-order valence-electron chi connectivity index (χ3n) is 6.22. The van der Waals surface area contributed by atoms with Gasteiger partial charge in [0.2, 0.25) is 0 Å². The fourth-order valence-electron chi connectivity index (χ4n) is 4.29. The normalized spacial score (nSPS) is 18.3. The zero-order chi connectivity index (χ0) is 23.1. The molecule has 8 heteroatoms. The SMILES string of the molecule is Cc1cccc(C)c1CN1Cc2ccccc2C1(C)C(=O)NS(=O)(=O)c1cccc(N)n1. The van der Waals surface area contributed by atoms with Gasteiger partial charge < -0.3 is 5.73 Å². The molecule has 7 nitrogen and oxygen atoms in total. The van der Waals surface area contributed by atoms with Gasteiger partial charge in [0.15, 0.2) is 5.03 Å². The number of pyridine rings is 1. The Kier molecular flexibility index (Phi) is 5.52. The second-order valence-electron chi connectivity index (χ2n) is 8.29. The standard InChI is InChI=1S/C24H26N4O3S/c1-16-8-6-9-17(2)19(16)15-28-14-18-10-4-5-11-20(18)24(28,3)23(29)27-32(30,31)22-13-7-12-21(25)26-22/h4-13H,14-15H2,1-3H3,(H2,25,26)(H,27,29). The number of nitrogens with two attached hydrogens (primary N) is 1. The van der Waals surface area contributed by atoms with E-state index in [1.807, 2.05) is 61.2 Å². The van der Waals surface area contributed by atoms with Gasteiger partial charge in [0.1, 0.15) is 11.4 Å². The number of aromatic nitrogens is 1. The number of fused-ring (bicyclic) bond motifs is 1. The molecule has 1 unspecified atom stereocenters. The largest absolute Gasteiger partial charge is 0.384 e. The predicted octanol–water partition coefficient (Wildman–Crippen LogP) is 3.02. The first-order valence-corrected chi connectivity index (χ1v) is 11.8. The molecular weight excluding hydrogens is 424 g/mol. The Labute approximate surface area is 188 Å². The van der Waals surface area contributed by atoms with E-state index >= 15 is 0 Å². The first kappa shape index (κ1) is 22.0. The average Bonchev–Trinajstić information content (AvgIpc) is 3.04. The number of amides is 1. The smallest absolute Gasteiger partial charge is 0.281 e. The van der Waals surface area contributed by atoms with E-state index in [0.29, 0.717) is 13.1 Å². The van der Waals surface area contributed by atoms with Crippen molar-refractivity contribution in [2.24, 2.45) is 0 Å². The van der Waals surface area contributed by atoms with Crippen LogP contribution in [0.15, 0.2) is 65.7 Å². The van der Waals surface area contributed by atoms with Gasteiger partial charge in [0.05, 0.1) is 0 Å². The van der Waals surface area contributed by atoms with Crippen molar-refractivity contribution in [3.05, 3.63) is 88.5 Å². The van der Waals surface area contributed by atoms with Gasteiger partial charge in [0, 0.05) is 13.1 Å². The first-order chi connectivity index (χ1) is 15.1. The lowest BCUT2D eigenvalue weighted by Crippen LogP contribution is -2.52. The van der Waals surface area contributed by atoms with Crippen LogP contribution in [0.3, 0.4) is 0 Å². The van der Waals surface area contributed by atoms with E-state index in [1.54, 1.807) is 6.92 Å². The molecule has 32 heavy (non-hydrogen) atoms. The summed E-state index contributed by atoms with van der Waals surface area (Å²) in [6.45, 7) is 6.89. The Morgan fingerprint density at radius 2 is 1.72 bits per heavy atom. The van der Waals surface area contributed by atoms with Crippen LogP contribution in [-0.4, -0.2) is 24.2 Å². The Balaban J connectivity index is 1.73. The monoisotopic (exact) mass is 450 g/mol. The maximum Gasteiger partial charge on any atom is 0.281 e. The summed E-state index contributed by atoms with van der Waals surface area (Å²) in [6, 6.07) is 18.0. The number of rotatable bonds is 5. The van der Waals surface area contributed by atoms with Crippen molar-refractivity contribution in [3.8, 4) is 0 Å². The number of nitrogen functional groups attached to an aromatic ring is 1. The molecule has 0 radical (unpaired) electrons. The minimum atomic E-state index is -4.19. The predicted molar refractivity (Wildman–Crippen MR) is 123 cm³/mol. The molecule has 1 aromatic heterocycles. The number of nitrogens with zero attached hydrogens (tertiary/aromatic N) is 2. The van der Waals surface area contributed by atoms with Crippen LogP contribution in [0.1, 0.15) is 34.7 Å². The van der Waals surface area contributed by atoms with Gasteiger partial charge in [-0.2, -0.15) is 8.42 Å². The first-order valence-electron chi connectivity index (χ1n) is 10.3. The number of nitrogens with one attached hydrogen (secondary N) is 1. The number of aryl methyl sites for hydroxylation is 2. The molecule has 0 saturated heterocycles. The van der Waals surface area contributed by atoms with Crippen LogP contribution in [0.4, 0.5) is 5.82 Å². The number of benzene rings is 2. The van der Waals surface area contributed by atoms with Crippen LogP contribution in [-0.2, 0) is 33.4 Å². The zero-order valence-corrected chi connectivity index (χ0v) is 19.1. The lowest BCUT2D eigenvalue weighted by Gasteiger charge is -2.35. The molecule has 0 saturated carbocycles. The molecule has 3 aromatic rings. The minimum Gasteiger partial charge on any atom is -0.384 e. The van der Waals surface area contributed by atoms with Crippen molar-refractivity contribution in [1.82, 2.24) is 14.6 Å². The van der Waals surface area contributed by atoms with Crippen molar-refractivity contribution in [1.29, 1.82) is 0 Å². The van der Waals surface area contributed by atoms with Gasteiger partial charge in [-0.15, -0.1) is 0 Å². The summed E-state index contributed by atoms with van der Waals surface area (Å²) < 4.78 is 28.1. The number of hydrogen-bond acceptors (Lipinski definition) is 6. The highest BCUT2D eigenvalue weighted by Crippen LogP contribution is 2.41. The highest BCUT2D eigenvalue weighted by Gasteiger charge is 2.48. The van der Waals surface area contributed by atoms with Crippen LogP contribution in [0.5, 0.6) is 0 Å². The van der Waals surface area contributed by atoms with Gasteiger partial charge >= 0.3 is 0 Å². The van der Waals surface area contributed by atoms with Crippen LogP contribution in [0, 0.1) is 13.8 Å². The van der Waals surface area contributed by atoms with E-state index in [1.165, 1.54) is 18.2 Å². The molecule has 4 rings (SSSR count). The minimum absolute atomic E-state index is 0.0643. The van der Waals surface area contributed by atoms with Gasteiger partial charge in [-0.1, -0.05) is 48.5 Å². The number of anilines is 1. The molecule has 0 aliphatic carbocycles. The van der Waals surface area contributed by atoms with Crippen molar-refractivity contribution < 1.29 is 13.2 Å². The van der Waals surface area contributed by atoms with Crippen molar-refractivity contribution in [2.45, 2.75) is 44.4 Å². The summed E-state index contributed by atoms with van der Waals surface area (Å²) >= 11 is 0. The van der Waals surface area contributed by atoms with E-state index in [0.717, 1.165) is 27.8 Å². The van der Waals surface area contributed by atoms with E-state index in [4.69, 9.17) is 5.73 Å². The maximum atomic E-state index is 13.6. The molecule has 1 amide bonds. The molecule has 1 aliphatic heterocycles. The highest BCUT2D eigenvalue weighted by atomic mass is 32.2. The summed E-state index contributed by atoms with van der Waals surface area (Å²) in [4.78, 5) is 19.5. The van der Waals surface area contributed by atoms with Crippen molar-refractivity contribution in [3.63, 3.8) is 0 Å². The molecule has 3 N–H and O–H groups in total. The molecule has 0 fully saturated rings. The third-order valence-corrected chi connectivity index (χ3v) is 7.45. The Hall–Kier alpha value is -3.23. The Morgan fingerprint density at radius 3 is 2.41 bits per heavy atom. The van der Waals surface area contributed by atoms with Crippen molar-refractivity contribution in [2.75, 3.05) is 5.73 Å². The van der Waals surface area contributed by atoms with Crippen LogP contribution < -0.4 is 10.5 Å². The summed E-state index contributed by atoms with van der Waals surface area (Å²) in [7, 11) is -4.19. The number of carbonyl (C=O) groups is 1. The van der Waals surface area contributed by atoms with Gasteiger partial charge in [0.25, 0.3) is 15.9 Å². The fourth-order valence-corrected chi connectivity index (χ4v) is 5.32. The molecule has 1 atom stereocenters. The van der Waals surface area contributed by atoms with Gasteiger partial charge in [-0.25, -0.2) is 9.71 Å². The van der Waals surface area contributed by atoms with E-state index in [-0.39, 0.29) is 10.8 Å². The molecular formula is C24H26N4O3S. The van der Waals surface area contributed by atoms with E-state index in [9.17, 15) is 13.2 Å². The lowest BCUT2D eigenvalue weighted by atomic mass is 9.90. The second-order valence-corrected chi connectivity index (χ2v) is 9.92. The van der Waals surface area contributed by atoms with Crippen LogP contribution >= 0.6 is 0 Å².